The Morgan fingerprint density at radius 3 is 2.86 bits per heavy atom. The molecule has 0 aliphatic rings. The number of nitrogens with zero attached hydrogens (tertiary/aromatic N) is 3. The van der Waals surface area contributed by atoms with E-state index in [0.29, 0.717) is 24.0 Å². The van der Waals surface area contributed by atoms with Crippen LogP contribution in [0.5, 0.6) is 0 Å². The number of carbonyl (C=O) groups excluding carboxylic acids is 1. The molecular weight excluding hydrogens is 288 g/mol. The Morgan fingerprint density at radius 2 is 2.29 bits per heavy atom. The number of aromatic nitrogens is 2. The van der Waals surface area contributed by atoms with Crippen LogP contribution in [0.4, 0.5) is 5.82 Å². The first-order chi connectivity index (χ1) is 9.94. The Hall–Kier alpha value is -1.73. The van der Waals surface area contributed by atoms with Crippen molar-refractivity contribution in [1.82, 2.24) is 15.0 Å². The minimum absolute atomic E-state index is 0.120. The SMILES string of the molecule is Cc1cc(NC(=O)CN(C)Cc2csc(C(C)C)n2)no1. The lowest BCUT2D eigenvalue weighted by Gasteiger charge is -2.14. The van der Waals surface area contributed by atoms with Crippen LogP contribution in [0.1, 0.15) is 36.2 Å². The maximum atomic E-state index is 11.9. The third-order valence-electron chi connectivity index (χ3n) is 2.80. The highest BCUT2D eigenvalue weighted by Gasteiger charge is 2.12. The van der Waals surface area contributed by atoms with Crippen LogP contribution < -0.4 is 5.32 Å². The lowest BCUT2D eigenvalue weighted by atomic mass is 10.2. The molecule has 2 aromatic rings. The van der Waals surface area contributed by atoms with Gasteiger partial charge in [0.25, 0.3) is 0 Å². The highest BCUT2D eigenvalue weighted by Crippen LogP contribution is 2.19. The number of carbonyl (C=O) groups is 1. The molecule has 0 bridgehead atoms. The summed E-state index contributed by atoms with van der Waals surface area (Å²) in [6.07, 6.45) is 0. The van der Waals surface area contributed by atoms with Crippen molar-refractivity contribution in [3.05, 3.63) is 27.9 Å². The van der Waals surface area contributed by atoms with Gasteiger partial charge < -0.3 is 9.84 Å². The largest absolute Gasteiger partial charge is 0.360 e. The van der Waals surface area contributed by atoms with Crippen LogP contribution in [0.3, 0.4) is 0 Å². The Balaban J connectivity index is 1.83. The van der Waals surface area contributed by atoms with Gasteiger partial charge in [0.05, 0.1) is 17.2 Å². The van der Waals surface area contributed by atoms with Crippen molar-refractivity contribution in [1.29, 1.82) is 0 Å². The summed E-state index contributed by atoms with van der Waals surface area (Å²) in [5, 5.41) is 9.61. The van der Waals surface area contributed by atoms with Gasteiger partial charge in [-0.1, -0.05) is 19.0 Å². The maximum Gasteiger partial charge on any atom is 0.239 e. The maximum absolute atomic E-state index is 11.9. The second-order valence-corrected chi connectivity index (χ2v) is 6.26. The summed E-state index contributed by atoms with van der Waals surface area (Å²) in [5.74, 6) is 1.43. The smallest absolute Gasteiger partial charge is 0.239 e. The second-order valence-electron chi connectivity index (χ2n) is 5.38. The molecule has 7 heteroatoms. The van der Waals surface area contributed by atoms with Crippen LogP contribution in [0, 0.1) is 6.92 Å². The molecule has 0 aliphatic carbocycles. The summed E-state index contributed by atoms with van der Waals surface area (Å²) in [6.45, 7) is 6.96. The van der Waals surface area contributed by atoms with E-state index >= 15 is 0 Å². The Morgan fingerprint density at radius 1 is 1.52 bits per heavy atom. The molecule has 2 rings (SSSR count). The molecule has 114 valence electrons. The summed E-state index contributed by atoms with van der Waals surface area (Å²) in [6, 6.07) is 1.69. The molecule has 0 saturated carbocycles. The summed E-state index contributed by atoms with van der Waals surface area (Å²) in [7, 11) is 1.89. The van der Waals surface area contributed by atoms with E-state index in [1.165, 1.54) is 0 Å². The number of hydrogen-bond acceptors (Lipinski definition) is 6. The highest BCUT2D eigenvalue weighted by molar-refractivity contribution is 7.09. The van der Waals surface area contributed by atoms with E-state index in [4.69, 9.17) is 4.52 Å². The highest BCUT2D eigenvalue weighted by atomic mass is 32.1. The lowest BCUT2D eigenvalue weighted by molar-refractivity contribution is -0.117. The predicted molar refractivity (Wildman–Crippen MR) is 82.4 cm³/mol. The molecule has 0 fully saturated rings. The molecule has 0 saturated heterocycles. The van der Waals surface area contributed by atoms with Gasteiger partial charge >= 0.3 is 0 Å². The molecule has 6 nitrogen and oxygen atoms in total. The van der Waals surface area contributed by atoms with Gasteiger partial charge in [-0.25, -0.2) is 4.98 Å². The topological polar surface area (TPSA) is 71.3 Å². The zero-order valence-electron chi connectivity index (χ0n) is 12.7. The van der Waals surface area contributed by atoms with E-state index in [9.17, 15) is 4.79 Å². The van der Waals surface area contributed by atoms with E-state index in [1.807, 2.05) is 17.3 Å². The van der Waals surface area contributed by atoms with E-state index in [-0.39, 0.29) is 12.5 Å². The molecule has 1 N–H and O–H groups in total. The summed E-state index contributed by atoms with van der Waals surface area (Å²) >= 11 is 1.66. The van der Waals surface area contributed by atoms with Gasteiger partial charge in [-0.2, -0.15) is 0 Å². The second kappa shape index (κ2) is 6.82. The van der Waals surface area contributed by atoms with Crippen LogP contribution in [-0.4, -0.2) is 34.5 Å². The van der Waals surface area contributed by atoms with Crippen LogP contribution in [0.2, 0.25) is 0 Å². The molecule has 2 heterocycles. The first-order valence-corrected chi connectivity index (χ1v) is 7.68. The molecule has 2 aromatic heterocycles. The quantitative estimate of drug-likeness (QED) is 0.888. The zero-order valence-corrected chi connectivity index (χ0v) is 13.5. The number of hydrogen-bond donors (Lipinski definition) is 1. The molecule has 21 heavy (non-hydrogen) atoms. The summed E-state index contributed by atoms with van der Waals surface area (Å²) in [4.78, 5) is 18.4. The fourth-order valence-electron chi connectivity index (χ4n) is 1.85. The van der Waals surface area contributed by atoms with E-state index in [0.717, 1.165) is 10.7 Å². The monoisotopic (exact) mass is 308 g/mol. The van der Waals surface area contributed by atoms with Gasteiger partial charge in [0.1, 0.15) is 5.76 Å². The number of amides is 1. The molecule has 0 atom stereocenters. The van der Waals surface area contributed by atoms with Crippen LogP contribution in [0.15, 0.2) is 16.0 Å². The molecule has 0 unspecified atom stereocenters. The van der Waals surface area contributed by atoms with Crippen molar-refractivity contribution in [2.75, 3.05) is 18.9 Å². The van der Waals surface area contributed by atoms with E-state index < -0.39 is 0 Å². The number of likely N-dealkylation sites (N-methyl/N-ethyl adjacent to an activating group) is 1. The van der Waals surface area contributed by atoms with E-state index in [2.05, 4.69) is 29.3 Å². The van der Waals surface area contributed by atoms with Crippen LogP contribution >= 0.6 is 11.3 Å². The number of thiazole rings is 1. The number of aryl methyl sites for hydroxylation is 1. The van der Waals surface area contributed by atoms with Gasteiger partial charge in [-0.15, -0.1) is 11.3 Å². The van der Waals surface area contributed by atoms with Crippen molar-refractivity contribution in [2.24, 2.45) is 0 Å². The minimum Gasteiger partial charge on any atom is -0.360 e. The van der Waals surface area contributed by atoms with Gasteiger partial charge in [0.15, 0.2) is 5.82 Å². The van der Waals surface area contributed by atoms with Gasteiger partial charge in [-0.3, -0.25) is 9.69 Å². The Labute approximate surface area is 128 Å². The summed E-state index contributed by atoms with van der Waals surface area (Å²) in [5.41, 5.74) is 0.997. The third kappa shape index (κ3) is 4.64. The fourth-order valence-corrected chi connectivity index (χ4v) is 2.67. The lowest BCUT2D eigenvalue weighted by Crippen LogP contribution is -2.30. The molecule has 0 radical (unpaired) electrons. The summed E-state index contributed by atoms with van der Waals surface area (Å²) < 4.78 is 4.90. The molecular formula is C14H20N4O2S. The standard InChI is InChI=1S/C14H20N4O2S/c1-9(2)14-15-11(8-21-14)6-18(4)7-13(19)16-12-5-10(3)20-17-12/h5,8-9H,6-7H2,1-4H3,(H,16,17,19). The van der Waals surface area contributed by atoms with Gasteiger partial charge in [0.2, 0.25) is 5.91 Å². The number of rotatable bonds is 6. The predicted octanol–water partition coefficient (Wildman–Crippen LogP) is 2.63. The van der Waals surface area contributed by atoms with Crippen molar-refractivity contribution in [3.63, 3.8) is 0 Å². The number of nitrogens with one attached hydrogen (secondary N) is 1. The minimum atomic E-state index is -0.120. The molecule has 1 amide bonds. The van der Waals surface area contributed by atoms with Gasteiger partial charge in [-0.05, 0) is 14.0 Å². The van der Waals surface area contributed by atoms with Crippen LogP contribution in [0.25, 0.3) is 0 Å². The Kier molecular flexibility index (Phi) is 5.08. The zero-order chi connectivity index (χ0) is 15.4. The Bertz CT molecular complexity index is 606. The first-order valence-electron chi connectivity index (χ1n) is 6.80. The van der Waals surface area contributed by atoms with Crippen molar-refractivity contribution >= 4 is 23.1 Å². The van der Waals surface area contributed by atoms with Crippen LogP contribution in [-0.2, 0) is 11.3 Å². The average molecular weight is 308 g/mol. The van der Waals surface area contributed by atoms with Crippen molar-refractivity contribution < 1.29 is 9.32 Å². The molecule has 0 spiro atoms. The fraction of sp³-hybridized carbons (Fsp3) is 0.500. The van der Waals surface area contributed by atoms with Crippen molar-refractivity contribution in [3.8, 4) is 0 Å². The average Bonchev–Trinajstić information content (AvgIpc) is 2.98. The number of anilines is 1. The van der Waals surface area contributed by atoms with E-state index in [1.54, 1.807) is 24.3 Å². The molecule has 0 aromatic carbocycles. The van der Waals surface area contributed by atoms with Gasteiger partial charge in [0, 0.05) is 23.9 Å². The first kappa shape index (κ1) is 15.7. The normalized spacial score (nSPS) is 11.3. The third-order valence-corrected chi connectivity index (χ3v) is 4.00. The molecule has 0 aliphatic heterocycles. The van der Waals surface area contributed by atoms with Crippen molar-refractivity contribution in [2.45, 2.75) is 33.2 Å².